The lowest BCUT2D eigenvalue weighted by Crippen LogP contribution is -2.40. The van der Waals surface area contributed by atoms with Crippen molar-refractivity contribution in [1.29, 1.82) is 5.26 Å². The fourth-order valence-electron chi connectivity index (χ4n) is 2.14. The number of hydrogen-bond donors (Lipinski definition) is 1. The first-order valence-electron chi connectivity index (χ1n) is 7.04. The number of carbonyl (C=O) groups excluding carboxylic acids is 1. The van der Waals surface area contributed by atoms with Gasteiger partial charge in [0.15, 0.2) is 0 Å². The molecule has 0 aliphatic rings. The van der Waals surface area contributed by atoms with Crippen LogP contribution in [0.5, 0.6) is 0 Å². The number of hydrogen-bond acceptors (Lipinski definition) is 4. The van der Waals surface area contributed by atoms with Gasteiger partial charge in [-0.25, -0.2) is 0 Å². The number of anilines is 1. The average molecular weight is 289 g/mol. The topological polar surface area (TPSA) is 67.6 Å². The van der Waals surface area contributed by atoms with E-state index < -0.39 is 0 Å². The predicted molar refractivity (Wildman–Crippen MR) is 83.1 cm³/mol. The molecule has 1 rings (SSSR count). The Hall–Kier alpha value is -1.90. The van der Waals surface area contributed by atoms with Crippen molar-refractivity contribution in [3.05, 3.63) is 29.3 Å². The Kier molecular flexibility index (Phi) is 6.86. The summed E-state index contributed by atoms with van der Waals surface area (Å²) in [6.45, 7) is 5.06. The molecular formula is C16H23N3O2. The summed E-state index contributed by atoms with van der Waals surface area (Å²) in [7, 11) is 1.79. The smallest absolute Gasteiger partial charge is 0.241 e. The highest BCUT2D eigenvalue weighted by atomic mass is 16.3. The fourth-order valence-corrected chi connectivity index (χ4v) is 2.14. The van der Waals surface area contributed by atoms with Gasteiger partial charge in [0.05, 0.1) is 25.6 Å². The van der Waals surface area contributed by atoms with Gasteiger partial charge in [-0.05, 0) is 38.1 Å². The van der Waals surface area contributed by atoms with E-state index in [-0.39, 0.29) is 19.1 Å². The molecule has 0 radical (unpaired) electrons. The van der Waals surface area contributed by atoms with Gasteiger partial charge in [0.2, 0.25) is 5.91 Å². The van der Waals surface area contributed by atoms with Crippen LogP contribution in [0.15, 0.2) is 18.2 Å². The summed E-state index contributed by atoms with van der Waals surface area (Å²) in [5.74, 6) is -0.0603. The van der Waals surface area contributed by atoms with E-state index in [1.807, 2.05) is 32.0 Å². The van der Waals surface area contributed by atoms with Crippen LogP contribution in [0.25, 0.3) is 0 Å². The van der Waals surface area contributed by atoms with Gasteiger partial charge in [0.25, 0.3) is 0 Å². The highest BCUT2D eigenvalue weighted by Crippen LogP contribution is 2.23. The van der Waals surface area contributed by atoms with Gasteiger partial charge in [-0.3, -0.25) is 9.69 Å². The summed E-state index contributed by atoms with van der Waals surface area (Å²) in [5, 5.41) is 17.7. The zero-order chi connectivity index (χ0) is 15.8. The van der Waals surface area contributed by atoms with Crippen LogP contribution < -0.4 is 4.90 Å². The average Bonchev–Trinajstić information content (AvgIpc) is 2.43. The van der Waals surface area contributed by atoms with Crippen molar-refractivity contribution in [3.63, 3.8) is 0 Å². The molecule has 0 atom stereocenters. The summed E-state index contributed by atoms with van der Waals surface area (Å²) in [4.78, 5) is 15.9. The van der Waals surface area contributed by atoms with Crippen molar-refractivity contribution in [2.45, 2.75) is 20.3 Å². The Morgan fingerprint density at radius 3 is 2.67 bits per heavy atom. The van der Waals surface area contributed by atoms with E-state index in [4.69, 9.17) is 10.4 Å². The van der Waals surface area contributed by atoms with Crippen LogP contribution in [0.4, 0.5) is 5.69 Å². The third-order valence-corrected chi connectivity index (χ3v) is 3.50. The van der Waals surface area contributed by atoms with E-state index in [1.165, 1.54) is 0 Å². The van der Waals surface area contributed by atoms with Gasteiger partial charge in [-0.15, -0.1) is 0 Å². The highest BCUT2D eigenvalue weighted by Gasteiger charge is 2.19. The van der Waals surface area contributed by atoms with Crippen molar-refractivity contribution >= 4 is 11.6 Å². The summed E-state index contributed by atoms with van der Waals surface area (Å²) in [6, 6.07) is 7.92. The Morgan fingerprint density at radius 2 is 2.05 bits per heavy atom. The number of rotatable bonds is 7. The summed E-state index contributed by atoms with van der Waals surface area (Å²) >= 11 is 0. The number of likely N-dealkylation sites (N-methyl/N-ethyl adjacent to an activating group) is 1. The highest BCUT2D eigenvalue weighted by molar-refractivity contribution is 5.95. The van der Waals surface area contributed by atoms with E-state index in [1.54, 1.807) is 16.8 Å². The van der Waals surface area contributed by atoms with E-state index in [0.29, 0.717) is 19.5 Å². The number of aryl methyl sites for hydroxylation is 1. The molecule has 0 saturated carbocycles. The van der Waals surface area contributed by atoms with Crippen LogP contribution in [0, 0.1) is 25.2 Å². The summed E-state index contributed by atoms with van der Waals surface area (Å²) in [5.41, 5.74) is 3.02. The van der Waals surface area contributed by atoms with Gasteiger partial charge in [0, 0.05) is 18.8 Å². The maximum Gasteiger partial charge on any atom is 0.241 e. The second kappa shape index (κ2) is 8.40. The summed E-state index contributed by atoms with van der Waals surface area (Å²) < 4.78 is 0. The van der Waals surface area contributed by atoms with Gasteiger partial charge in [-0.2, -0.15) is 5.26 Å². The van der Waals surface area contributed by atoms with E-state index in [9.17, 15) is 4.79 Å². The Morgan fingerprint density at radius 1 is 1.33 bits per heavy atom. The first-order valence-corrected chi connectivity index (χ1v) is 7.04. The molecule has 0 unspecified atom stereocenters. The number of aliphatic hydroxyl groups excluding tert-OH is 1. The van der Waals surface area contributed by atoms with E-state index >= 15 is 0 Å². The number of nitriles is 1. The maximum absolute atomic E-state index is 12.5. The monoisotopic (exact) mass is 289 g/mol. The second-order valence-corrected chi connectivity index (χ2v) is 5.13. The quantitative estimate of drug-likeness (QED) is 0.825. The third kappa shape index (κ3) is 4.85. The van der Waals surface area contributed by atoms with Crippen LogP contribution in [0.1, 0.15) is 17.5 Å². The predicted octanol–water partition coefficient (Wildman–Crippen LogP) is 1.47. The second-order valence-electron chi connectivity index (χ2n) is 5.13. The molecule has 0 aliphatic heterocycles. The molecule has 1 amide bonds. The van der Waals surface area contributed by atoms with Crippen molar-refractivity contribution < 1.29 is 9.90 Å². The van der Waals surface area contributed by atoms with Crippen molar-refractivity contribution in [1.82, 2.24) is 4.90 Å². The number of amides is 1. The lowest BCUT2D eigenvalue weighted by Gasteiger charge is -2.26. The van der Waals surface area contributed by atoms with Gasteiger partial charge >= 0.3 is 0 Å². The molecule has 0 aliphatic carbocycles. The zero-order valence-electron chi connectivity index (χ0n) is 13.0. The Labute approximate surface area is 126 Å². The molecule has 21 heavy (non-hydrogen) atoms. The minimum absolute atomic E-state index is 0.0193. The molecule has 1 N–H and O–H groups in total. The van der Waals surface area contributed by atoms with Crippen molar-refractivity contribution in [3.8, 4) is 6.07 Å². The first-order chi connectivity index (χ1) is 10.0. The minimum atomic E-state index is -0.0603. The van der Waals surface area contributed by atoms with Gasteiger partial charge in [0.1, 0.15) is 0 Å². The van der Waals surface area contributed by atoms with Gasteiger partial charge in [-0.1, -0.05) is 12.1 Å². The molecule has 5 heteroatoms. The number of aliphatic hydroxyl groups is 1. The van der Waals surface area contributed by atoms with Crippen LogP contribution in [-0.2, 0) is 4.79 Å². The van der Waals surface area contributed by atoms with Crippen LogP contribution in [0.3, 0.4) is 0 Å². The number of nitrogens with zero attached hydrogens (tertiary/aromatic N) is 3. The molecule has 0 bridgehead atoms. The molecule has 0 heterocycles. The molecule has 0 aromatic heterocycles. The maximum atomic E-state index is 12.5. The first kappa shape index (κ1) is 17.2. The molecule has 0 spiro atoms. The van der Waals surface area contributed by atoms with Crippen molar-refractivity contribution in [2.24, 2.45) is 0 Å². The molecule has 0 saturated heterocycles. The van der Waals surface area contributed by atoms with Crippen molar-refractivity contribution in [2.75, 3.05) is 38.2 Å². The molecule has 1 aromatic rings. The number of carbonyl (C=O) groups is 1. The van der Waals surface area contributed by atoms with E-state index in [0.717, 1.165) is 16.8 Å². The molecule has 1 aromatic carbocycles. The number of benzene rings is 1. The lowest BCUT2D eigenvalue weighted by atomic mass is 10.1. The third-order valence-electron chi connectivity index (χ3n) is 3.50. The largest absolute Gasteiger partial charge is 0.395 e. The van der Waals surface area contributed by atoms with Crippen LogP contribution in [-0.4, -0.2) is 49.2 Å². The lowest BCUT2D eigenvalue weighted by molar-refractivity contribution is -0.119. The van der Waals surface area contributed by atoms with Crippen LogP contribution in [0.2, 0.25) is 0 Å². The summed E-state index contributed by atoms with van der Waals surface area (Å²) in [6.07, 6.45) is 0.294. The Balaban J connectivity index is 2.97. The molecule has 0 fully saturated rings. The SMILES string of the molecule is Cc1cccc(N(CCC#N)C(=O)CN(C)CCO)c1C. The minimum Gasteiger partial charge on any atom is -0.395 e. The van der Waals surface area contributed by atoms with E-state index in [2.05, 4.69) is 6.07 Å². The normalized spacial score (nSPS) is 10.5. The van der Waals surface area contributed by atoms with Gasteiger partial charge < -0.3 is 10.0 Å². The standard InChI is InChI=1S/C16H23N3O2/c1-13-6-4-7-15(14(13)2)19(9-5-8-17)16(21)12-18(3)10-11-20/h4,6-7,20H,5,9-12H2,1-3H3. The zero-order valence-corrected chi connectivity index (χ0v) is 13.0. The molecular weight excluding hydrogens is 266 g/mol. The van der Waals surface area contributed by atoms with Crippen LogP contribution >= 0.6 is 0 Å². The molecule has 5 nitrogen and oxygen atoms in total. The molecule has 114 valence electrons. The Bertz CT molecular complexity index is 523. The fraction of sp³-hybridized carbons (Fsp3) is 0.500.